The number of aliphatic hydroxyl groups excluding tert-OH is 1. The van der Waals surface area contributed by atoms with Gasteiger partial charge < -0.3 is 5.11 Å². The molecular formula is C14H14F17NO3S. The lowest BCUT2D eigenvalue weighted by Gasteiger charge is -2.42. The van der Waals surface area contributed by atoms with Crippen molar-refractivity contribution in [1.29, 1.82) is 0 Å². The number of rotatable bonds is 14. The van der Waals surface area contributed by atoms with E-state index in [0.29, 0.717) is 4.72 Å². The Balaban J connectivity index is 6.41. The highest BCUT2D eigenvalue weighted by Crippen LogP contribution is 2.64. The van der Waals surface area contributed by atoms with E-state index in [2.05, 4.69) is 0 Å². The minimum atomic E-state index is -8.84. The predicted molar refractivity (Wildman–Crippen MR) is 83.2 cm³/mol. The highest BCUT2D eigenvalue weighted by atomic mass is 32.2. The van der Waals surface area contributed by atoms with E-state index in [1.165, 1.54) is 0 Å². The standard InChI is InChI=1S/C14H14F17NO3S/c15-7(16,9(19,20)11(23,24)13(27,28)29)8(17,18)10(21,22)12(25,26)14(30,31)36(34,35)32-5-3-1-2-4-6-33/h32-33H,1-6H2. The average molecular weight is 599 g/mol. The summed E-state index contributed by atoms with van der Waals surface area (Å²) in [5.41, 5.74) is 0. The Kier molecular flexibility index (Phi) is 9.73. The van der Waals surface area contributed by atoms with Crippen LogP contribution in [-0.2, 0) is 10.0 Å². The zero-order chi connectivity index (χ0) is 29.4. The van der Waals surface area contributed by atoms with Gasteiger partial charge >= 0.3 is 47.0 Å². The topological polar surface area (TPSA) is 66.4 Å². The van der Waals surface area contributed by atoms with Crippen LogP contribution in [0.4, 0.5) is 74.6 Å². The Morgan fingerprint density at radius 1 is 0.500 bits per heavy atom. The van der Waals surface area contributed by atoms with Gasteiger partial charge in [0.05, 0.1) is 0 Å². The third-order valence-electron chi connectivity index (χ3n) is 4.41. The number of alkyl halides is 17. The number of unbranched alkanes of at least 4 members (excludes halogenated alkanes) is 3. The Bertz CT molecular complexity index is 853. The molecule has 218 valence electrons. The van der Waals surface area contributed by atoms with E-state index in [1.807, 2.05) is 0 Å². The van der Waals surface area contributed by atoms with E-state index in [9.17, 15) is 83.1 Å². The summed E-state index contributed by atoms with van der Waals surface area (Å²) in [7, 11) is -7.24. The van der Waals surface area contributed by atoms with Crippen LogP contribution in [0, 0.1) is 0 Å². The molecule has 22 heteroatoms. The van der Waals surface area contributed by atoms with Crippen molar-refractivity contribution in [1.82, 2.24) is 4.72 Å². The third-order valence-corrected chi connectivity index (χ3v) is 5.92. The molecule has 0 heterocycles. The molecular weight excluding hydrogens is 585 g/mol. The fraction of sp³-hybridized carbons (Fsp3) is 1.00. The number of nitrogens with one attached hydrogen (secondary N) is 1. The minimum absolute atomic E-state index is 0.0640. The summed E-state index contributed by atoms with van der Waals surface area (Å²) >= 11 is 0. The van der Waals surface area contributed by atoms with Gasteiger partial charge in [-0.1, -0.05) is 12.8 Å². The summed E-state index contributed by atoms with van der Waals surface area (Å²) in [6, 6.07) is 0. The molecule has 2 N–H and O–H groups in total. The van der Waals surface area contributed by atoms with Crippen molar-refractivity contribution in [3.63, 3.8) is 0 Å². The van der Waals surface area contributed by atoms with Gasteiger partial charge in [-0.05, 0) is 12.8 Å². The number of halogens is 17. The lowest BCUT2D eigenvalue weighted by atomic mass is 9.91. The summed E-state index contributed by atoms with van der Waals surface area (Å²) < 4.78 is 246. The van der Waals surface area contributed by atoms with Gasteiger partial charge in [-0.15, -0.1) is 0 Å². The van der Waals surface area contributed by atoms with Crippen LogP contribution in [0.15, 0.2) is 0 Å². The van der Waals surface area contributed by atoms with Gasteiger partial charge in [0, 0.05) is 13.2 Å². The van der Waals surface area contributed by atoms with E-state index >= 15 is 0 Å². The van der Waals surface area contributed by atoms with Crippen molar-refractivity contribution in [3.05, 3.63) is 0 Å². The summed E-state index contributed by atoms with van der Waals surface area (Å²) in [6.07, 6.45) is -8.41. The van der Waals surface area contributed by atoms with Crippen LogP contribution in [0.3, 0.4) is 0 Å². The molecule has 0 fully saturated rings. The molecule has 0 aromatic carbocycles. The fourth-order valence-corrected chi connectivity index (χ4v) is 3.27. The first-order chi connectivity index (χ1) is 15.6. The molecule has 0 rings (SSSR count). The maximum absolute atomic E-state index is 13.7. The first kappa shape index (κ1) is 34.7. The molecule has 0 unspecified atom stereocenters. The van der Waals surface area contributed by atoms with E-state index in [0.717, 1.165) is 0 Å². The van der Waals surface area contributed by atoms with Crippen LogP contribution < -0.4 is 4.72 Å². The van der Waals surface area contributed by atoms with Crippen molar-refractivity contribution < 1.29 is 88.2 Å². The molecule has 0 radical (unpaired) electrons. The minimum Gasteiger partial charge on any atom is -0.396 e. The molecule has 0 aliphatic rings. The molecule has 4 nitrogen and oxygen atoms in total. The zero-order valence-corrected chi connectivity index (χ0v) is 17.7. The summed E-state index contributed by atoms with van der Waals surface area (Å²) in [6.45, 7) is -1.70. The van der Waals surface area contributed by atoms with Gasteiger partial charge in [-0.3, -0.25) is 0 Å². The zero-order valence-electron chi connectivity index (χ0n) is 16.8. The summed E-state index contributed by atoms with van der Waals surface area (Å²) in [4.78, 5) is 0. The lowest BCUT2D eigenvalue weighted by molar-refractivity contribution is -0.458. The number of hydrogen-bond acceptors (Lipinski definition) is 3. The van der Waals surface area contributed by atoms with Crippen LogP contribution in [0.5, 0.6) is 0 Å². The van der Waals surface area contributed by atoms with Gasteiger partial charge in [0.25, 0.3) is 10.0 Å². The van der Waals surface area contributed by atoms with Crippen molar-refractivity contribution >= 4 is 10.0 Å². The highest BCUT2D eigenvalue weighted by Gasteiger charge is 2.96. The summed E-state index contributed by atoms with van der Waals surface area (Å²) in [5.74, 6) is -51.6. The highest BCUT2D eigenvalue weighted by molar-refractivity contribution is 7.90. The molecule has 0 atom stereocenters. The number of hydrogen-bond donors (Lipinski definition) is 2. The van der Waals surface area contributed by atoms with Crippen molar-refractivity contribution in [3.8, 4) is 0 Å². The Morgan fingerprint density at radius 2 is 0.833 bits per heavy atom. The van der Waals surface area contributed by atoms with Gasteiger partial charge in [0.1, 0.15) is 0 Å². The largest absolute Gasteiger partial charge is 0.460 e. The summed E-state index contributed by atoms with van der Waals surface area (Å²) in [5, 5.41) is 0.912. The van der Waals surface area contributed by atoms with Crippen LogP contribution >= 0.6 is 0 Å². The van der Waals surface area contributed by atoms with Crippen LogP contribution in [0.25, 0.3) is 0 Å². The number of aliphatic hydroxyl groups is 1. The quantitative estimate of drug-likeness (QED) is 0.207. The van der Waals surface area contributed by atoms with Crippen LogP contribution in [-0.4, -0.2) is 73.6 Å². The fourth-order valence-electron chi connectivity index (χ4n) is 2.21. The molecule has 0 saturated heterocycles. The van der Waals surface area contributed by atoms with Crippen molar-refractivity contribution in [2.75, 3.05) is 13.2 Å². The van der Waals surface area contributed by atoms with Crippen LogP contribution in [0.1, 0.15) is 25.7 Å². The molecule has 0 bridgehead atoms. The molecule has 0 aromatic rings. The Hall–Kier alpha value is -1.32. The molecule has 0 aromatic heterocycles. The monoisotopic (exact) mass is 599 g/mol. The molecule has 0 saturated carbocycles. The molecule has 0 spiro atoms. The van der Waals surface area contributed by atoms with E-state index in [1.54, 1.807) is 0 Å². The smallest absolute Gasteiger partial charge is 0.396 e. The number of sulfonamides is 1. The van der Waals surface area contributed by atoms with E-state index < -0.39 is 76.6 Å². The Morgan fingerprint density at radius 3 is 1.19 bits per heavy atom. The third kappa shape index (κ3) is 5.17. The van der Waals surface area contributed by atoms with Gasteiger partial charge in [-0.2, -0.15) is 74.6 Å². The normalized spacial score (nSPS) is 15.9. The van der Waals surface area contributed by atoms with Gasteiger partial charge in [-0.25, -0.2) is 13.1 Å². The lowest BCUT2D eigenvalue weighted by Crippen LogP contribution is -2.75. The first-order valence-electron chi connectivity index (χ1n) is 8.87. The van der Waals surface area contributed by atoms with Crippen molar-refractivity contribution in [2.45, 2.75) is 72.6 Å². The average Bonchev–Trinajstić information content (AvgIpc) is 2.68. The second-order valence-corrected chi connectivity index (χ2v) is 8.80. The maximum Gasteiger partial charge on any atom is 0.460 e. The Labute approximate surface area is 189 Å². The second-order valence-electron chi connectivity index (χ2n) is 7.00. The maximum atomic E-state index is 13.7. The SMILES string of the molecule is O=S(=O)(NCCCCCCO)C(F)(F)C(F)(F)C(F)(F)C(F)(F)C(F)(F)C(F)(F)C(F)(F)C(F)(F)F. The molecule has 0 amide bonds. The van der Waals surface area contributed by atoms with Gasteiger partial charge in [0.15, 0.2) is 0 Å². The predicted octanol–water partition coefficient (Wildman–Crippen LogP) is 5.43. The van der Waals surface area contributed by atoms with Crippen LogP contribution in [0.2, 0.25) is 0 Å². The molecule has 36 heavy (non-hydrogen) atoms. The molecule has 0 aliphatic heterocycles. The second kappa shape index (κ2) is 10.1. The first-order valence-corrected chi connectivity index (χ1v) is 10.4. The van der Waals surface area contributed by atoms with E-state index in [4.69, 9.17) is 5.11 Å². The van der Waals surface area contributed by atoms with Crippen molar-refractivity contribution in [2.24, 2.45) is 0 Å². The molecule has 0 aliphatic carbocycles. The van der Waals surface area contributed by atoms with E-state index in [-0.39, 0.29) is 19.3 Å². The van der Waals surface area contributed by atoms with Gasteiger partial charge in [0.2, 0.25) is 0 Å².